The van der Waals surface area contributed by atoms with Crippen molar-refractivity contribution in [2.75, 3.05) is 26.1 Å². The molecule has 5 heteroatoms. The molecular weight excluding hydrogens is 268 g/mol. The van der Waals surface area contributed by atoms with Crippen molar-refractivity contribution in [1.82, 2.24) is 5.32 Å². The average molecular weight is 290 g/mol. The van der Waals surface area contributed by atoms with Gasteiger partial charge in [-0.1, -0.05) is 11.6 Å². The molecule has 0 saturated carbocycles. The summed E-state index contributed by atoms with van der Waals surface area (Å²) in [5, 5.41) is 5.67. The zero-order valence-electron chi connectivity index (χ0n) is 12.6. The Bertz CT molecular complexity index is 504. The molecule has 1 aliphatic carbocycles. The molecule has 2 amide bonds. The van der Waals surface area contributed by atoms with Gasteiger partial charge < -0.3 is 20.1 Å². The number of anilines is 1. The number of carbonyl (C=O) groups excluding carboxylic acids is 1. The van der Waals surface area contributed by atoms with E-state index in [2.05, 4.69) is 16.7 Å². The highest BCUT2D eigenvalue weighted by Crippen LogP contribution is 2.25. The maximum atomic E-state index is 11.9. The van der Waals surface area contributed by atoms with Crippen LogP contribution in [0.15, 0.2) is 29.8 Å². The molecule has 114 valence electrons. The van der Waals surface area contributed by atoms with Gasteiger partial charge in [-0.2, -0.15) is 0 Å². The van der Waals surface area contributed by atoms with Gasteiger partial charge in [0.05, 0.1) is 14.2 Å². The van der Waals surface area contributed by atoms with Crippen molar-refractivity contribution in [3.8, 4) is 11.5 Å². The van der Waals surface area contributed by atoms with Crippen LogP contribution in [0.3, 0.4) is 0 Å². The fourth-order valence-electron chi connectivity index (χ4n) is 2.31. The number of hydrogen-bond acceptors (Lipinski definition) is 3. The van der Waals surface area contributed by atoms with Gasteiger partial charge in [0.15, 0.2) is 0 Å². The summed E-state index contributed by atoms with van der Waals surface area (Å²) in [7, 11) is 3.16. The average Bonchev–Trinajstić information content (AvgIpc) is 2.53. The van der Waals surface area contributed by atoms with Crippen LogP contribution in [0.4, 0.5) is 10.5 Å². The first kappa shape index (κ1) is 15.2. The van der Waals surface area contributed by atoms with Crippen LogP contribution in [0.5, 0.6) is 11.5 Å². The first-order valence-electron chi connectivity index (χ1n) is 7.17. The van der Waals surface area contributed by atoms with Crippen molar-refractivity contribution in [2.24, 2.45) is 0 Å². The van der Waals surface area contributed by atoms with Crippen LogP contribution >= 0.6 is 0 Å². The van der Waals surface area contributed by atoms with Crippen LogP contribution in [0.25, 0.3) is 0 Å². The molecule has 0 aromatic heterocycles. The zero-order chi connectivity index (χ0) is 15.1. The molecule has 0 spiro atoms. The molecule has 0 fully saturated rings. The van der Waals surface area contributed by atoms with Crippen LogP contribution in [0, 0.1) is 0 Å². The monoisotopic (exact) mass is 290 g/mol. The summed E-state index contributed by atoms with van der Waals surface area (Å²) in [5.74, 6) is 1.28. The fraction of sp³-hybridized carbons (Fsp3) is 0.438. The van der Waals surface area contributed by atoms with Crippen molar-refractivity contribution < 1.29 is 14.3 Å². The molecule has 21 heavy (non-hydrogen) atoms. The molecule has 2 rings (SSSR count). The summed E-state index contributed by atoms with van der Waals surface area (Å²) in [6.07, 6.45) is 6.87. The van der Waals surface area contributed by atoms with E-state index < -0.39 is 0 Å². The molecule has 1 aliphatic rings. The second-order valence-electron chi connectivity index (χ2n) is 5.02. The summed E-state index contributed by atoms with van der Waals surface area (Å²) >= 11 is 0. The normalized spacial score (nSPS) is 14.1. The summed E-state index contributed by atoms with van der Waals surface area (Å²) in [5.41, 5.74) is 1.95. The number of nitrogens with one attached hydrogen (secondary N) is 2. The predicted octanol–water partition coefficient (Wildman–Crippen LogP) is 3.33. The van der Waals surface area contributed by atoms with Crippen LogP contribution < -0.4 is 20.1 Å². The molecule has 2 N–H and O–H groups in total. The van der Waals surface area contributed by atoms with E-state index in [1.165, 1.54) is 18.4 Å². The summed E-state index contributed by atoms with van der Waals surface area (Å²) < 4.78 is 10.3. The Hall–Kier alpha value is -2.17. The van der Waals surface area contributed by atoms with E-state index in [0.717, 1.165) is 12.8 Å². The van der Waals surface area contributed by atoms with E-state index in [9.17, 15) is 4.79 Å². The molecule has 0 heterocycles. The van der Waals surface area contributed by atoms with E-state index in [-0.39, 0.29) is 6.03 Å². The Kier molecular flexibility index (Phi) is 5.49. The van der Waals surface area contributed by atoms with Gasteiger partial charge in [-0.3, -0.25) is 0 Å². The highest BCUT2D eigenvalue weighted by Gasteiger charge is 2.08. The third-order valence-corrected chi connectivity index (χ3v) is 3.47. The molecule has 1 aromatic rings. The molecule has 0 atom stereocenters. The molecule has 0 bridgehead atoms. The smallest absolute Gasteiger partial charge is 0.319 e. The van der Waals surface area contributed by atoms with Crippen LogP contribution in [-0.4, -0.2) is 26.8 Å². The first-order valence-corrected chi connectivity index (χ1v) is 7.17. The van der Waals surface area contributed by atoms with Gasteiger partial charge in [-0.25, -0.2) is 4.79 Å². The molecule has 0 saturated heterocycles. The number of benzene rings is 1. The van der Waals surface area contributed by atoms with Gasteiger partial charge >= 0.3 is 6.03 Å². The maximum Gasteiger partial charge on any atom is 0.319 e. The van der Waals surface area contributed by atoms with E-state index in [1.807, 2.05) is 0 Å². The lowest BCUT2D eigenvalue weighted by Crippen LogP contribution is -2.30. The molecule has 5 nitrogen and oxygen atoms in total. The minimum absolute atomic E-state index is 0.225. The highest BCUT2D eigenvalue weighted by molar-refractivity contribution is 5.89. The number of rotatable bonds is 5. The quantitative estimate of drug-likeness (QED) is 0.818. The maximum absolute atomic E-state index is 11.9. The molecule has 0 unspecified atom stereocenters. The fourth-order valence-corrected chi connectivity index (χ4v) is 2.31. The Morgan fingerprint density at radius 3 is 2.43 bits per heavy atom. The standard InChI is InChI=1S/C16H22N2O3/c1-20-14-8-13(9-15(10-14)21-2)18-16(19)17-11-12-6-4-3-5-7-12/h6,8-10H,3-5,7,11H2,1-2H3,(H2,17,18,19). The summed E-state index contributed by atoms with van der Waals surface area (Å²) in [6, 6.07) is 5.04. The summed E-state index contributed by atoms with van der Waals surface area (Å²) in [6.45, 7) is 0.604. The Morgan fingerprint density at radius 1 is 1.14 bits per heavy atom. The minimum atomic E-state index is -0.225. The van der Waals surface area contributed by atoms with E-state index in [4.69, 9.17) is 9.47 Å². The number of allylic oxidation sites excluding steroid dienone is 1. The molecular formula is C16H22N2O3. The SMILES string of the molecule is COc1cc(NC(=O)NCC2=CCCCC2)cc(OC)c1. The number of urea groups is 1. The number of hydrogen-bond donors (Lipinski definition) is 2. The van der Waals surface area contributed by atoms with Crippen molar-refractivity contribution in [3.05, 3.63) is 29.8 Å². The van der Waals surface area contributed by atoms with Crippen molar-refractivity contribution in [2.45, 2.75) is 25.7 Å². The van der Waals surface area contributed by atoms with Crippen molar-refractivity contribution >= 4 is 11.7 Å². The first-order chi connectivity index (χ1) is 10.2. The minimum Gasteiger partial charge on any atom is -0.497 e. The Labute approximate surface area is 125 Å². The van der Waals surface area contributed by atoms with Gasteiger partial charge in [-0.05, 0) is 25.7 Å². The van der Waals surface area contributed by atoms with Crippen molar-refractivity contribution in [3.63, 3.8) is 0 Å². The summed E-state index contributed by atoms with van der Waals surface area (Å²) in [4.78, 5) is 11.9. The van der Waals surface area contributed by atoms with E-state index in [1.54, 1.807) is 32.4 Å². The molecule has 1 aromatic carbocycles. The van der Waals surface area contributed by atoms with Gasteiger partial charge in [0, 0.05) is 30.4 Å². The molecule has 0 radical (unpaired) electrons. The Balaban J connectivity index is 1.91. The lowest BCUT2D eigenvalue weighted by Gasteiger charge is -2.14. The Morgan fingerprint density at radius 2 is 1.86 bits per heavy atom. The third kappa shape index (κ3) is 4.70. The largest absolute Gasteiger partial charge is 0.497 e. The van der Waals surface area contributed by atoms with Crippen LogP contribution in [0.2, 0.25) is 0 Å². The second-order valence-corrected chi connectivity index (χ2v) is 5.02. The number of methoxy groups -OCH3 is 2. The van der Waals surface area contributed by atoms with Gasteiger partial charge in [-0.15, -0.1) is 0 Å². The number of carbonyl (C=O) groups is 1. The number of ether oxygens (including phenoxy) is 2. The topological polar surface area (TPSA) is 59.6 Å². The van der Waals surface area contributed by atoms with Crippen molar-refractivity contribution in [1.29, 1.82) is 0 Å². The highest BCUT2D eigenvalue weighted by atomic mass is 16.5. The van der Waals surface area contributed by atoms with Gasteiger partial charge in [0.1, 0.15) is 11.5 Å². The lowest BCUT2D eigenvalue weighted by molar-refractivity contribution is 0.252. The predicted molar refractivity (Wildman–Crippen MR) is 83.1 cm³/mol. The molecule has 0 aliphatic heterocycles. The van der Waals surface area contributed by atoms with E-state index in [0.29, 0.717) is 23.7 Å². The van der Waals surface area contributed by atoms with E-state index >= 15 is 0 Å². The van der Waals surface area contributed by atoms with Gasteiger partial charge in [0.2, 0.25) is 0 Å². The lowest BCUT2D eigenvalue weighted by atomic mass is 10.00. The second kappa shape index (κ2) is 7.57. The zero-order valence-corrected chi connectivity index (χ0v) is 12.6. The van der Waals surface area contributed by atoms with Crippen LogP contribution in [0.1, 0.15) is 25.7 Å². The van der Waals surface area contributed by atoms with Crippen LogP contribution in [-0.2, 0) is 0 Å². The number of amides is 2. The van der Waals surface area contributed by atoms with Gasteiger partial charge in [0.25, 0.3) is 0 Å². The third-order valence-electron chi connectivity index (χ3n) is 3.47.